The third-order valence-electron chi connectivity index (χ3n) is 6.46. The average molecular weight is 499 g/mol. The summed E-state index contributed by atoms with van der Waals surface area (Å²) >= 11 is 12.6. The lowest BCUT2D eigenvalue weighted by Gasteiger charge is -2.41. The highest BCUT2D eigenvalue weighted by Gasteiger charge is 2.36. The molecule has 1 heterocycles. The van der Waals surface area contributed by atoms with Gasteiger partial charge in [0.05, 0.1) is 14.2 Å². The normalized spacial score (nSPS) is 16.5. The van der Waals surface area contributed by atoms with E-state index in [4.69, 9.17) is 38.4 Å². The van der Waals surface area contributed by atoms with Crippen LogP contribution in [0, 0.1) is 0 Å². The molecular formula is C27H28Cl2N2O3. The van der Waals surface area contributed by atoms with Crippen molar-refractivity contribution in [1.29, 1.82) is 0 Å². The summed E-state index contributed by atoms with van der Waals surface area (Å²) < 4.78 is 11.1. The molecule has 2 atom stereocenters. The first-order valence-corrected chi connectivity index (χ1v) is 12.0. The number of fused-ring (bicyclic) bond motifs is 1. The van der Waals surface area contributed by atoms with Gasteiger partial charge in [-0.05, 0) is 65.8 Å². The Bertz CT molecular complexity index is 1170. The Balaban J connectivity index is 1.76. The van der Waals surface area contributed by atoms with Crippen molar-refractivity contribution in [3.63, 3.8) is 0 Å². The second kappa shape index (κ2) is 10.7. The number of nitrogens with zero attached hydrogens (tertiary/aromatic N) is 1. The van der Waals surface area contributed by atoms with E-state index in [2.05, 4.69) is 4.90 Å². The number of methoxy groups -OCH3 is 2. The standard InChI is InChI=1S/C27H28Cl2N2O3/c1-33-24-14-19-12-13-31(26(27(30)32)18-6-4-3-5-7-18)23(21(19)16-25(24)34-2)11-9-17-8-10-20(28)15-22(17)29/h3-8,10,14-16,23,26H,9,11-13H2,1-2H3,(H2,30,32). The lowest BCUT2D eigenvalue weighted by molar-refractivity contribution is -0.124. The van der Waals surface area contributed by atoms with Gasteiger partial charge in [-0.3, -0.25) is 9.69 Å². The summed E-state index contributed by atoms with van der Waals surface area (Å²) in [6, 6.07) is 18.7. The number of carbonyl (C=O) groups is 1. The van der Waals surface area contributed by atoms with Crippen molar-refractivity contribution in [2.24, 2.45) is 5.73 Å². The molecular weight excluding hydrogens is 471 g/mol. The lowest BCUT2D eigenvalue weighted by atomic mass is 9.86. The molecule has 5 nitrogen and oxygen atoms in total. The highest BCUT2D eigenvalue weighted by molar-refractivity contribution is 6.35. The molecule has 178 valence electrons. The number of amides is 1. The van der Waals surface area contributed by atoms with Crippen LogP contribution in [0.4, 0.5) is 0 Å². The van der Waals surface area contributed by atoms with Crippen LogP contribution in [0.2, 0.25) is 10.0 Å². The van der Waals surface area contributed by atoms with Crippen LogP contribution >= 0.6 is 23.2 Å². The number of aryl methyl sites for hydroxylation is 1. The third-order valence-corrected chi connectivity index (χ3v) is 7.05. The second-order valence-corrected chi connectivity index (χ2v) is 9.24. The Morgan fingerprint density at radius 3 is 2.41 bits per heavy atom. The first-order chi connectivity index (χ1) is 16.4. The van der Waals surface area contributed by atoms with Crippen LogP contribution in [0.1, 0.15) is 40.8 Å². The van der Waals surface area contributed by atoms with Crippen molar-refractivity contribution >= 4 is 29.1 Å². The van der Waals surface area contributed by atoms with Gasteiger partial charge in [0.2, 0.25) is 5.91 Å². The summed E-state index contributed by atoms with van der Waals surface area (Å²) in [7, 11) is 3.27. The van der Waals surface area contributed by atoms with Crippen LogP contribution in [0.15, 0.2) is 60.7 Å². The summed E-state index contributed by atoms with van der Waals surface area (Å²) in [5, 5.41) is 1.24. The minimum absolute atomic E-state index is 0.0759. The maximum Gasteiger partial charge on any atom is 0.239 e. The quantitative estimate of drug-likeness (QED) is 0.428. The minimum Gasteiger partial charge on any atom is -0.493 e. The smallest absolute Gasteiger partial charge is 0.239 e. The minimum atomic E-state index is -0.548. The molecule has 0 saturated heterocycles. The second-order valence-electron chi connectivity index (χ2n) is 8.40. The van der Waals surface area contributed by atoms with Gasteiger partial charge in [-0.1, -0.05) is 59.6 Å². The van der Waals surface area contributed by atoms with Crippen molar-refractivity contribution in [2.45, 2.75) is 31.3 Å². The van der Waals surface area contributed by atoms with Gasteiger partial charge < -0.3 is 15.2 Å². The Kier molecular flexibility index (Phi) is 7.67. The monoisotopic (exact) mass is 498 g/mol. The van der Waals surface area contributed by atoms with Crippen molar-refractivity contribution in [3.8, 4) is 11.5 Å². The number of primary amides is 1. The topological polar surface area (TPSA) is 64.8 Å². The van der Waals surface area contributed by atoms with Gasteiger partial charge in [0.1, 0.15) is 6.04 Å². The van der Waals surface area contributed by atoms with Crippen LogP contribution in [0.5, 0.6) is 11.5 Å². The summed E-state index contributed by atoms with van der Waals surface area (Å²) in [5.41, 5.74) is 10.1. The Morgan fingerprint density at radius 1 is 1.06 bits per heavy atom. The summed E-state index contributed by atoms with van der Waals surface area (Å²) in [5.74, 6) is 0.987. The number of carbonyl (C=O) groups excluding carboxylic acids is 1. The van der Waals surface area contributed by atoms with Gasteiger partial charge in [-0.25, -0.2) is 0 Å². The Hall–Kier alpha value is -2.73. The maximum absolute atomic E-state index is 12.7. The van der Waals surface area contributed by atoms with E-state index in [9.17, 15) is 4.79 Å². The van der Waals surface area contributed by atoms with E-state index in [1.807, 2.05) is 54.6 Å². The molecule has 4 rings (SSSR count). The zero-order valence-corrected chi connectivity index (χ0v) is 20.8. The third kappa shape index (κ3) is 5.02. The molecule has 2 N–H and O–H groups in total. The van der Waals surface area contributed by atoms with Crippen molar-refractivity contribution in [2.75, 3.05) is 20.8 Å². The van der Waals surface area contributed by atoms with E-state index in [0.29, 0.717) is 34.5 Å². The zero-order valence-electron chi connectivity index (χ0n) is 19.3. The number of hydrogen-bond donors (Lipinski definition) is 1. The number of hydrogen-bond acceptors (Lipinski definition) is 4. The van der Waals surface area contributed by atoms with Crippen molar-refractivity contribution in [1.82, 2.24) is 4.90 Å². The van der Waals surface area contributed by atoms with Crippen LogP contribution < -0.4 is 15.2 Å². The van der Waals surface area contributed by atoms with Gasteiger partial charge in [0.15, 0.2) is 11.5 Å². The first kappa shape index (κ1) is 24.4. The summed E-state index contributed by atoms with van der Waals surface area (Å²) in [6.45, 7) is 0.685. The van der Waals surface area contributed by atoms with Gasteiger partial charge in [0, 0.05) is 22.6 Å². The van der Waals surface area contributed by atoms with E-state index in [1.54, 1.807) is 20.3 Å². The molecule has 0 spiro atoms. The molecule has 3 aromatic rings. The van der Waals surface area contributed by atoms with E-state index in [-0.39, 0.29) is 11.9 Å². The first-order valence-electron chi connectivity index (χ1n) is 11.2. The van der Waals surface area contributed by atoms with Gasteiger partial charge in [-0.2, -0.15) is 0 Å². The van der Waals surface area contributed by atoms with Crippen molar-refractivity contribution in [3.05, 3.63) is 93.0 Å². The number of rotatable bonds is 8. The largest absolute Gasteiger partial charge is 0.493 e. The number of nitrogens with two attached hydrogens (primary N) is 1. The molecule has 1 aliphatic heterocycles. The predicted octanol–water partition coefficient (Wildman–Crippen LogP) is 5.77. The van der Waals surface area contributed by atoms with Crippen LogP contribution in [-0.4, -0.2) is 31.6 Å². The predicted molar refractivity (Wildman–Crippen MR) is 136 cm³/mol. The van der Waals surface area contributed by atoms with E-state index in [1.165, 1.54) is 5.56 Å². The highest BCUT2D eigenvalue weighted by Crippen LogP contribution is 2.43. The molecule has 0 fully saturated rings. The molecule has 0 bridgehead atoms. The van der Waals surface area contributed by atoms with Crippen LogP contribution in [0.25, 0.3) is 0 Å². The summed E-state index contributed by atoms with van der Waals surface area (Å²) in [6.07, 6.45) is 2.22. The molecule has 0 saturated carbocycles. The molecule has 0 aliphatic carbocycles. The van der Waals surface area contributed by atoms with E-state index >= 15 is 0 Å². The molecule has 3 aromatic carbocycles. The molecule has 34 heavy (non-hydrogen) atoms. The number of benzene rings is 3. The zero-order chi connectivity index (χ0) is 24.2. The SMILES string of the molecule is COc1cc2c(cc1OC)C(CCc1ccc(Cl)cc1Cl)N(C(C(N)=O)c1ccccc1)CC2. The Labute approximate surface area is 210 Å². The fourth-order valence-corrected chi connectivity index (χ4v) is 5.35. The molecule has 0 radical (unpaired) electrons. The highest BCUT2D eigenvalue weighted by atomic mass is 35.5. The van der Waals surface area contributed by atoms with Gasteiger partial charge >= 0.3 is 0 Å². The molecule has 0 aromatic heterocycles. The maximum atomic E-state index is 12.7. The van der Waals surface area contributed by atoms with Gasteiger partial charge in [0.25, 0.3) is 0 Å². The van der Waals surface area contributed by atoms with Crippen molar-refractivity contribution < 1.29 is 14.3 Å². The molecule has 1 aliphatic rings. The van der Waals surface area contributed by atoms with Gasteiger partial charge in [-0.15, -0.1) is 0 Å². The van der Waals surface area contributed by atoms with E-state index < -0.39 is 6.04 Å². The summed E-state index contributed by atoms with van der Waals surface area (Å²) in [4.78, 5) is 15.0. The fourth-order valence-electron chi connectivity index (χ4n) is 4.85. The number of halogens is 2. The average Bonchev–Trinajstić information content (AvgIpc) is 2.83. The van der Waals surface area contributed by atoms with E-state index in [0.717, 1.165) is 29.5 Å². The fraction of sp³-hybridized carbons (Fsp3) is 0.296. The number of ether oxygens (including phenoxy) is 2. The van der Waals surface area contributed by atoms with Crippen LogP contribution in [0.3, 0.4) is 0 Å². The van der Waals surface area contributed by atoms with Crippen LogP contribution in [-0.2, 0) is 17.6 Å². The molecule has 1 amide bonds. The lowest BCUT2D eigenvalue weighted by Crippen LogP contribution is -2.44. The Morgan fingerprint density at radius 2 is 1.76 bits per heavy atom. The molecule has 7 heteroatoms. The molecule has 2 unspecified atom stereocenters.